The van der Waals surface area contributed by atoms with Gasteiger partial charge in [0.25, 0.3) is 0 Å². The van der Waals surface area contributed by atoms with E-state index in [9.17, 15) is 14.7 Å². The number of nitrogens with one attached hydrogen (secondary N) is 2. The summed E-state index contributed by atoms with van der Waals surface area (Å²) < 4.78 is 25.5. The first-order valence-electron chi connectivity index (χ1n) is 11.3. The van der Waals surface area contributed by atoms with Crippen molar-refractivity contribution in [3.05, 3.63) is 82.0 Å². The van der Waals surface area contributed by atoms with Crippen LogP contribution in [0.5, 0.6) is 11.5 Å². The van der Waals surface area contributed by atoms with Crippen LogP contribution in [0.1, 0.15) is 23.7 Å². The van der Waals surface area contributed by atoms with E-state index in [1.54, 1.807) is 24.4 Å². The second-order valence-corrected chi connectivity index (χ2v) is 11.5. The van der Waals surface area contributed by atoms with E-state index in [2.05, 4.69) is 47.0 Å². The van der Waals surface area contributed by atoms with Crippen molar-refractivity contribution in [1.82, 2.24) is 15.2 Å². The maximum Gasteiger partial charge on any atom is 0.341 e. The van der Waals surface area contributed by atoms with Gasteiger partial charge < -0.3 is 4.74 Å². The van der Waals surface area contributed by atoms with E-state index >= 15 is 0 Å². The minimum atomic E-state index is -3.35. The molecule has 0 saturated heterocycles. The Hall–Kier alpha value is -2.14. The van der Waals surface area contributed by atoms with Crippen LogP contribution >= 0.6 is 39.5 Å². The van der Waals surface area contributed by atoms with E-state index in [1.165, 1.54) is 6.07 Å². The zero-order valence-electron chi connectivity index (χ0n) is 19.2. The van der Waals surface area contributed by atoms with Gasteiger partial charge in [0.2, 0.25) is 5.75 Å². The Balaban J connectivity index is 1.61. The molecule has 36 heavy (non-hydrogen) atoms. The van der Waals surface area contributed by atoms with Gasteiger partial charge in [-0.15, -0.1) is 0 Å². The largest absolute Gasteiger partial charge is 0.450 e. The maximum atomic E-state index is 13.4. The molecule has 1 atom stereocenters. The lowest BCUT2D eigenvalue weighted by Gasteiger charge is -2.24. The van der Waals surface area contributed by atoms with Crippen molar-refractivity contribution < 1.29 is 18.7 Å². The van der Waals surface area contributed by atoms with Crippen LogP contribution < -0.4 is 14.9 Å². The number of fused-ring (bicyclic) bond motifs is 1. The highest BCUT2D eigenvalue weighted by Crippen LogP contribution is 2.51. The van der Waals surface area contributed by atoms with Crippen LogP contribution in [0.25, 0.3) is 11.3 Å². The molecule has 2 aromatic carbocycles. The lowest BCUT2D eigenvalue weighted by molar-refractivity contribution is -0.385. The first-order chi connectivity index (χ1) is 17.4. The third-order valence-electron chi connectivity index (χ3n) is 5.62. The number of hydrogen-bond donors (Lipinski definition) is 2. The Morgan fingerprint density at radius 1 is 1.06 bits per heavy atom. The van der Waals surface area contributed by atoms with Gasteiger partial charge in [0.15, 0.2) is 0 Å². The predicted molar refractivity (Wildman–Crippen MR) is 146 cm³/mol. The zero-order valence-corrected chi connectivity index (χ0v) is 23.3. The number of nitrogens with zero attached hydrogens (tertiary/aromatic N) is 2. The summed E-state index contributed by atoms with van der Waals surface area (Å²) in [5.74, 6) is 0.657. The van der Waals surface area contributed by atoms with Crippen molar-refractivity contribution in [3.8, 4) is 22.8 Å². The highest BCUT2D eigenvalue weighted by Gasteiger charge is 2.36. The minimum Gasteiger partial charge on any atom is -0.450 e. The Bertz CT molecular complexity index is 1240. The molecule has 0 radical (unpaired) electrons. The molecule has 3 aromatic rings. The minimum absolute atomic E-state index is 0.124. The van der Waals surface area contributed by atoms with Crippen molar-refractivity contribution in [1.29, 1.82) is 0 Å². The van der Waals surface area contributed by atoms with Gasteiger partial charge in [-0.05, 0) is 60.9 Å². The van der Waals surface area contributed by atoms with Crippen molar-refractivity contribution in [2.24, 2.45) is 0 Å². The quantitative estimate of drug-likeness (QED) is 0.0995. The van der Waals surface area contributed by atoms with Gasteiger partial charge in [-0.1, -0.05) is 37.9 Å². The second-order valence-electron chi connectivity index (χ2n) is 7.96. The van der Waals surface area contributed by atoms with E-state index in [1.807, 2.05) is 30.3 Å². The molecule has 0 saturated carbocycles. The number of alkyl halides is 2. The van der Waals surface area contributed by atoms with Crippen molar-refractivity contribution in [3.63, 3.8) is 0 Å². The van der Waals surface area contributed by atoms with Gasteiger partial charge >= 0.3 is 13.4 Å². The summed E-state index contributed by atoms with van der Waals surface area (Å²) in [5.41, 5.74) is 3.04. The zero-order chi connectivity index (χ0) is 25.5. The summed E-state index contributed by atoms with van der Waals surface area (Å²) >= 11 is 6.66. The molecule has 1 unspecified atom stereocenters. The molecule has 2 N–H and O–H groups in total. The molecule has 4 rings (SSSR count). The number of halogens is 2. The van der Waals surface area contributed by atoms with Crippen LogP contribution in [-0.2, 0) is 15.5 Å². The number of pyridine rings is 1. The standard InChI is InChI=1S/C24H25Br2N4O5P/c25-12-15-28-36(33,29-16-13-26)35-23-11-9-20-19(23)8-10-22(30(31)32)24(20)34-18-6-4-17(5-7-18)21-3-1-2-14-27-21/h1-8,10,14,23H,9,11-13,15-16H2,(H2,28,29,33). The molecule has 190 valence electrons. The molecule has 0 bridgehead atoms. The van der Waals surface area contributed by atoms with Crippen molar-refractivity contribution >= 4 is 45.2 Å². The van der Waals surface area contributed by atoms with Crippen LogP contribution in [0.3, 0.4) is 0 Å². The maximum absolute atomic E-state index is 13.4. The summed E-state index contributed by atoms with van der Waals surface area (Å²) in [6.07, 6.45) is 2.26. The molecular weight excluding hydrogens is 615 g/mol. The van der Waals surface area contributed by atoms with Gasteiger partial charge in [0.05, 0.1) is 16.7 Å². The Kier molecular flexibility index (Phi) is 9.27. The van der Waals surface area contributed by atoms with E-state index < -0.39 is 18.7 Å². The fourth-order valence-electron chi connectivity index (χ4n) is 4.02. The molecule has 0 aliphatic heterocycles. The summed E-state index contributed by atoms with van der Waals surface area (Å²) in [7, 11) is -3.35. The second kappa shape index (κ2) is 12.4. The number of nitro benzene ring substituents is 1. The van der Waals surface area contributed by atoms with E-state index in [-0.39, 0.29) is 11.4 Å². The van der Waals surface area contributed by atoms with Gasteiger partial charge in [-0.25, -0.2) is 10.2 Å². The molecular formula is C24H25Br2N4O5P. The average Bonchev–Trinajstić information content (AvgIpc) is 3.30. The number of rotatable bonds is 12. The fraction of sp³-hybridized carbons (Fsp3) is 0.292. The average molecular weight is 640 g/mol. The third-order valence-corrected chi connectivity index (χ3v) is 8.24. The van der Waals surface area contributed by atoms with Crippen LogP contribution in [0, 0.1) is 10.1 Å². The van der Waals surface area contributed by atoms with E-state index in [0.29, 0.717) is 47.9 Å². The molecule has 0 amide bonds. The number of ether oxygens (including phenoxy) is 1. The lowest BCUT2D eigenvalue weighted by Crippen LogP contribution is -2.27. The normalized spacial score (nSPS) is 15.0. The van der Waals surface area contributed by atoms with Crippen molar-refractivity contribution in [2.45, 2.75) is 18.9 Å². The smallest absolute Gasteiger partial charge is 0.341 e. The molecule has 9 nitrogen and oxygen atoms in total. The van der Waals surface area contributed by atoms with Gasteiger partial charge in [0.1, 0.15) is 5.75 Å². The number of benzene rings is 2. The van der Waals surface area contributed by atoms with Gasteiger partial charge in [-0.3, -0.25) is 24.2 Å². The first kappa shape index (κ1) is 26.9. The summed E-state index contributed by atoms with van der Waals surface area (Å²) in [6.45, 7) is 0.907. The SMILES string of the molecule is O=[N+]([O-])c1ccc2c(c1Oc1ccc(-c3ccccn3)cc1)CCC2OP(=O)(NCCBr)NCCBr. The van der Waals surface area contributed by atoms with Crippen molar-refractivity contribution in [2.75, 3.05) is 23.7 Å². The molecule has 1 heterocycles. The molecule has 0 spiro atoms. The van der Waals surface area contributed by atoms with Crippen LogP contribution in [-0.4, -0.2) is 33.7 Å². The molecule has 0 fully saturated rings. The van der Waals surface area contributed by atoms with Gasteiger partial charge in [0, 0.05) is 47.1 Å². The summed E-state index contributed by atoms with van der Waals surface area (Å²) in [6, 6.07) is 16.0. The molecule has 12 heteroatoms. The number of hydrogen-bond acceptors (Lipinski definition) is 6. The van der Waals surface area contributed by atoms with Crippen LogP contribution in [0.4, 0.5) is 5.69 Å². The molecule has 1 aliphatic rings. The lowest BCUT2D eigenvalue weighted by atomic mass is 10.1. The highest BCUT2D eigenvalue weighted by atomic mass is 79.9. The predicted octanol–water partition coefficient (Wildman–Crippen LogP) is 6.53. The van der Waals surface area contributed by atoms with Crippen LogP contribution in [0.15, 0.2) is 60.8 Å². The van der Waals surface area contributed by atoms with E-state index in [4.69, 9.17) is 9.26 Å². The summed E-state index contributed by atoms with van der Waals surface area (Å²) in [5, 5.41) is 18.9. The Labute approximate surface area is 226 Å². The Morgan fingerprint density at radius 2 is 1.78 bits per heavy atom. The van der Waals surface area contributed by atoms with Gasteiger partial charge in [-0.2, -0.15) is 0 Å². The monoisotopic (exact) mass is 638 g/mol. The number of aromatic nitrogens is 1. The number of nitro groups is 1. The molecule has 1 aliphatic carbocycles. The van der Waals surface area contributed by atoms with E-state index in [0.717, 1.165) is 16.8 Å². The first-order valence-corrected chi connectivity index (χ1v) is 15.2. The molecule has 1 aromatic heterocycles. The van der Waals surface area contributed by atoms with Crippen LogP contribution in [0.2, 0.25) is 0 Å². The topological polar surface area (TPSA) is 116 Å². The third kappa shape index (κ3) is 6.40. The Morgan fingerprint density at radius 3 is 2.39 bits per heavy atom. The highest BCUT2D eigenvalue weighted by molar-refractivity contribution is 9.09. The fourth-order valence-corrected chi connectivity index (χ4v) is 6.68. The summed E-state index contributed by atoms with van der Waals surface area (Å²) in [4.78, 5) is 15.7.